The molecule has 0 aromatic heterocycles. The highest BCUT2D eigenvalue weighted by atomic mass is 35.5. The highest BCUT2D eigenvalue weighted by Crippen LogP contribution is 2.25. The first-order valence-corrected chi connectivity index (χ1v) is 14.5. The number of carbonyl (C=O) groups is 2. The summed E-state index contributed by atoms with van der Waals surface area (Å²) < 4.78 is 28.6. The van der Waals surface area contributed by atoms with Gasteiger partial charge in [-0.3, -0.25) is 13.9 Å². The van der Waals surface area contributed by atoms with E-state index in [1.807, 2.05) is 51.1 Å². The maximum atomic E-state index is 13.9. The van der Waals surface area contributed by atoms with Gasteiger partial charge in [-0.2, -0.15) is 0 Å². The summed E-state index contributed by atoms with van der Waals surface area (Å²) in [6.07, 6.45) is 1.12. The molecule has 1 N–H and O–H groups in total. The van der Waals surface area contributed by atoms with Crippen LogP contribution in [0.2, 0.25) is 5.02 Å². The summed E-state index contributed by atoms with van der Waals surface area (Å²) in [4.78, 5) is 28.7. The SMILES string of the molecule is CC[C@@H](C)NC(=O)[C@H](CC)N(Cc1ccccc1)C(=O)CN(c1ccccc1)S(=O)(=O)c1ccc(Cl)cc1. The van der Waals surface area contributed by atoms with E-state index in [0.717, 1.165) is 16.3 Å². The molecule has 0 aliphatic carbocycles. The monoisotopic (exact) mass is 555 g/mol. The van der Waals surface area contributed by atoms with Crippen molar-refractivity contribution in [3.63, 3.8) is 0 Å². The lowest BCUT2D eigenvalue weighted by Gasteiger charge is -2.33. The topological polar surface area (TPSA) is 86.8 Å². The van der Waals surface area contributed by atoms with Crippen LogP contribution in [0.15, 0.2) is 89.8 Å². The zero-order valence-corrected chi connectivity index (χ0v) is 23.5. The van der Waals surface area contributed by atoms with Gasteiger partial charge in [0.25, 0.3) is 10.0 Å². The van der Waals surface area contributed by atoms with Gasteiger partial charge in [0, 0.05) is 17.6 Å². The molecule has 9 heteroatoms. The van der Waals surface area contributed by atoms with Crippen LogP contribution in [0.1, 0.15) is 39.2 Å². The van der Waals surface area contributed by atoms with Gasteiger partial charge in [-0.05, 0) is 61.7 Å². The van der Waals surface area contributed by atoms with Crippen molar-refractivity contribution in [3.8, 4) is 0 Å². The Balaban J connectivity index is 2.01. The molecule has 2 atom stereocenters. The van der Waals surface area contributed by atoms with Crippen molar-refractivity contribution in [1.82, 2.24) is 10.2 Å². The quantitative estimate of drug-likeness (QED) is 0.330. The number of hydrogen-bond acceptors (Lipinski definition) is 4. The Morgan fingerprint density at radius 1 is 0.868 bits per heavy atom. The molecule has 3 rings (SSSR count). The summed E-state index contributed by atoms with van der Waals surface area (Å²) in [5, 5.41) is 3.37. The first-order valence-electron chi connectivity index (χ1n) is 12.6. The molecule has 0 spiro atoms. The summed E-state index contributed by atoms with van der Waals surface area (Å²) in [5.41, 5.74) is 1.18. The lowest BCUT2D eigenvalue weighted by Crippen LogP contribution is -2.53. The van der Waals surface area contributed by atoms with Gasteiger partial charge in [0.05, 0.1) is 10.6 Å². The molecule has 38 heavy (non-hydrogen) atoms. The fraction of sp³-hybridized carbons (Fsp3) is 0.310. The summed E-state index contributed by atoms with van der Waals surface area (Å²) in [5.74, 6) is -0.751. The van der Waals surface area contributed by atoms with Crippen LogP contribution in [0.4, 0.5) is 5.69 Å². The van der Waals surface area contributed by atoms with Crippen LogP contribution in [-0.4, -0.2) is 43.8 Å². The zero-order chi connectivity index (χ0) is 27.7. The summed E-state index contributed by atoms with van der Waals surface area (Å²) >= 11 is 5.98. The minimum absolute atomic E-state index is 0.00900. The summed E-state index contributed by atoms with van der Waals surface area (Å²) in [6.45, 7) is 5.40. The number of nitrogens with zero attached hydrogens (tertiary/aromatic N) is 2. The largest absolute Gasteiger partial charge is 0.352 e. The number of halogens is 1. The molecule has 0 aliphatic heterocycles. The maximum absolute atomic E-state index is 13.9. The number of benzene rings is 3. The average molecular weight is 556 g/mol. The van der Waals surface area contributed by atoms with E-state index in [1.165, 1.54) is 29.2 Å². The molecule has 0 aliphatic rings. The number of rotatable bonds is 12. The van der Waals surface area contributed by atoms with Gasteiger partial charge in [0.2, 0.25) is 11.8 Å². The normalized spacial score (nSPS) is 12.8. The number of nitrogens with one attached hydrogen (secondary N) is 1. The summed E-state index contributed by atoms with van der Waals surface area (Å²) in [7, 11) is -4.12. The van der Waals surface area contributed by atoms with Gasteiger partial charge in [-0.1, -0.05) is 74.0 Å². The second-order valence-corrected chi connectivity index (χ2v) is 11.3. The molecule has 0 bridgehead atoms. The third kappa shape index (κ3) is 7.36. The Morgan fingerprint density at radius 3 is 2.00 bits per heavy atom. The smallest absolute Gasteiger partial charge is 0.264 e. The van der Waals surface area contributed by atoms with E-state index in [1.54, 1.807) is 30.3 Å². The minimum Gasteiger partial charge on any atom is -0.352 e. The Morgan fingerprint density at radius 2 is 1.45 bits per heavy atom. The second kappa shape index (κ2) is 13.4. The molecule has 0 unspecified atom stereocenters. The van der Waals surface area contributed by atoms with Crippen LogP contribution in [0, 0.1) is 0 Å². The predicted octanol–water partition coefficient (Wildman–Crippen LogP) is 5.26. The van der Waals surface area contributed by atoms with Gasteiger partial charge in [-0.25, -0.2) is 8.42 Å². The molecule has 202 valence electrons. The van der Waals surface area contributed by atoms with Gasteiger partial charge in [-0.15, -0.1) is 0 Å². The molecule has 3 aromatic carbocycles. The van der Waals surface area contributed by atoms with E-state index >= 15 is 0 Å². The number of anilines is 1. The molecule has 0 saturated carbocycles. The van der Waals surface area contributed by atoms with Crippen molar-refractivity contribution in [2.75, 3.05) is 10.8 Å². The number of hydrogen-bond donors (Lipinski definition) is 1. The maximum Gasteiger partial charge on any atom is 0.264 e. The lowest BCUT2D eigenvalue weighted by atomic mass is 10.1. The number of carbonyl (C=O) groups excluding carboxylic acids is 2. The fourth-order valence-electron chi connectivity index (χ4n) is 4.00. The lowest BCUT2D eigenvalue weighted by molar-refractivity contribution is -0.140. The van der Waals surface area contributed by atoms with Crippen LogP contribution in [0.3, 0.4) is 0 Å². The molecule has 0 heterocycles. The second-order valence-electron chi connectivity index (χ2n) is 9.05. The standard InChI is InChI=1S/C29H34ClN3O4S/c1-4-22(3)31-29(35)27(5-2)32(20-23-12-8-6-9-13-23)28(34)21-33(25-14-10-7-11-15-25)38(36,37)26-18-16-24(30)17-19-26/h6-19,22,27H,4-5,20-21H2,1-3H3,(H,31,35)/t22-,27+/m1/s1. The zero-order valence-electron chi connectivity index (χ0n) is 21.9. The highest BCUT2D eigenvalue weighted by Gasteiger charge is 2.33. The van der Waals surface area contributed by atoms with Crippen molar-refractivity contribution in [1.29, 1.82) is 0 Å². The Bertz CT molecular complexity index is 1300. The molecule has 7 nitrogen and oxygen atoms in total. The minimum atomic E-state index is -4.12. The van der Waals surface area contributed by atoms with E-state index in [4.69, 9.17) is 11.6 Å². The Hall–Kier alpha value is -3.36. The van der Waals surface area contributed by atoms with Crippen LogP contribution in [0.5, 0.6) is 0 Å². The van der Waals surface area contributed by atoms with Crippen molar-refractivity contribution in [3.05, 3.63) is 95.5 Å². The molecule has 0 radical (unpaired) electrons. The van der Waals surface area contributed by atoms with Crippen LogP contribution in [-0.2, 0) is 26.2 Å². The van der Waals surface area contributed by atoms with Crippen molar-refractivity contribution in [2.24, 2.45) is 0 Å². The van der Waals surface area contributed by atoms with Gasteiger partial charge in [0.15, 0.2) is 0 Å². The molecular formula is C29H34ClN3O4S. The van der Waals surface area contributed by atoms with Crippen LogP contribution in [0.25, 0.3) is 0 Å². The first-order chi connectivity index (χ1) is 18.2. The number of sulfonamides is 1. The number of para-hydroxylation sites is 1. The predicted molar refractivity (Wildman–Crippen MR) is 151 cm³/mol. The molecular weight excluding hydrogens is 522 g/mol. The number of amides is 2. The first kappa shape index (κ1) is 29.2. The summed E-state index contributed by atoms with van der Waals surface area (Å²) in [6, 6.07) is 22.8. The van der Waals surface area contributed by atoms with Crippen LogP contribution < -0.4 is 9.62 Å². The van der Waals surface area contributed by atoms with Gasteiger partial charge in [0.1, 0.15) is 12.6 Å². The Kier molecular flexibility index (Phi) is 10.3. The van der Waals surface area contributed by atoms with Crippen LogP contribution >= 0.6 is 11.6 Å². The molecule has 0 saturated heterocycles. The van der Waals surface area contributed by atoms with Crippen molar-refractivity contribution >= 4 is 39.1 Å². The van der Waals surface area contributed by atoms with Crippen molar-refractivity contribution in [2.45, 2.75) is 57.1 Å². The van der Waals surface area contributed by atoms with Gasteiger partial charge < -0.3 is 10.2 Å². The average Bonchev–Trinajstić information content (AvgIpc) is 2.92. The van der Waals surface area contributed by atoms with E-state index in [-0.39, 0.29) is 23.4 Å². The molecule has 0 fully saturated rings. The van der Waals surface area contributed by atoms with E-state index in [0.29, 0.717) is 17.1 Å². The molecule has 2 amide bonds. The van der Waals surface area contributed by atoms with E-state index < -0.39 is 28.5 Å². The Labute approximate surface area is 230 Å². The van der Waals surface area contributed by atoms with E-state index in [9.17, 15) is 18.0 Å². The van der Waals surface area contributed by atoms with Crippen molar-refractivity contribution < 1.29 is 18.0 Å². The van der Waals surface area contributed by atoms with E-state index in [2.05, 4.69) is 5.32 Å². The molecule has 3 aromatic rings. The third-order valence-electron chi connectivity index (χ3n) is 6.31. The highest BCUT2D eigenvalue weighted by molar-refractivity contribution is 7.92. The fourth-order valence-corrected chi connectivity index (χ4v) is 5.54. The van der Waals surface area contributed by atoms with Gasteiger partial charge >= 0.3 is 0 Å². The third-order valence-corrected chi connectivity index (χ3v) is 8.35.